The minimum Gasteiger partial charge on any atom is -0.396 e. The number of halogens is 2. The summed E-state index contributed by atoms with van der Waals surface area (Å²) >= 11 is 5.78. The molecule has 94 valence electrons. The summed E-state index contributed by atoms with van der Waals surface area (Å²) < 4.78 is 14.8. The average molecular weight is 269 g/mol. The highest BCUT2D eigenvalue weighted by atomic mass is 35.5. The smallest absolute Gasteiger partial charge is 0.246 e. The van der Waals surface area contributed by atoms with Crippen molar-refractivity contribution < 1.29 is 9.18 Å². The van der Waals surface area contributed by atoms with Crippen LogP contribution in [-0.4, -0.2) is 15.7 Å². The number of nitrogens with two attached hydrogens (primary N) is 1. The average Bonchev–Trinajstić information content (AvgIpc) is 2.69. The first-order chi connectivity index (χ1) is 8.56. The van der Waals surface area contributed by atoms with Crippen molar-refractivity contribution in [3.63, 3.8) is 0 Å². The molecule has 1 heterocycles. The molecule has 1 aromatic heterocycles. The van der Waals surface area contributed by atoms with Crippen LogP contribution < -0.4 is 11.1 Å². The minimum atomic E-state index is -0.587. The van der Waals surface area contributed by atoms with Crippen molar-refractivity contribution in [2.24, 2.45) is 0 Å². The monoisotopic (exact) mass is 268 g/mol. The standard InChI is InChI=1S/C11H10ClFN4O/c12-8-2-1-3-9(13)11(8)16-10(18)6-17-5-7(14)4-15-17/h1-5H,6,14H2,(H,16,18). The molecule has 0 atom stereocenters. The number of carbonyl (C=O) groups is 1. The van der Waals surface area contributed by atoms with Gasteiger partial charge in [0, 0.05) is 6.20 Å². The zero-order chi connectivity index (χ0) is 13.1. The van der Waals surface area contributed by atoms with E-state index in [0.29, 0.717) is 5.69 Å². The molecule has 0 aliphatic heterocycles. The maximum Gasteiger partial charge on any atom is 0.246 e. The number of carbonyl (C=O) groups excluding carboxylic acids is 1. The van der Waals surface area contributed by atoms with Gasteiger partial charge in [0.25, 0.3) is 0 Å². The lowest BCUT2D eigenvalue weighted by Crippen LogP contribution is -2.19. The van der Waals surface area contributed by atoms with Crippen LogP contribution in [0.1, 0.15) is 0 Å². The van der Waals surface area contributed by atoms with Gasteiger partial charge >= 0.3 is 0 Å². The largest absolute Gasteiger partial charge is 0.396 e. The molecule has 7 heteroatoms. The molecule has 0 saturated heterocycles. The zero-order valence-electron chi connectivity index (χ0n) is 9.23. The van der Waals surface area contributed by atoms with E-state index in [-0.39, 0.29) is 17.3 Å². The number of nitrogens with zero attached hydrogens (tertiary/aromatic N) is 2. The Balaban J connectivity index is 2.08. The Hall–Kier alpha value is -2.08. The fraction of sp³-hybridized carbons (Fsp3) is 0.0909. The first-order valence-electron chi connectivity index (χ1n) is 5.08. The van der Waals surface area contributed by atoms with Gasteiger partial charge in [0.2, 0.25) is 5.91 Å². The Morgan fingerprint density at radius 1 is 1.56 bits per heavy atom. The summed E-state index contributed by atoms with van der Waals surface area (Å²) in [5.41, 5.74) is 5.87. The maximum atomic E-state index is 13.4. The van der Waals surface area contributed by atoms with Crippen molar-refractivity contribution in [3.05, 3.63) is 41.4 Å². The molecule has 0 bridgehead atoms. The number of hydrogen-bond donors (Lipinski definition) is 2. The van der Waals surface area contributed by atoms with E-state index in [4.69, 9.17) is 17.3 Å². The van der Waals surface area contributed by atoms with Crippen LogP contribution in [0.4, 0.5) is 15.8 Å². The highest BCUT2D eigenvalue weighted by Gasteiger charge is 2.11. The molecule has 18 heavy (non-hydrogen) atoms. The summed E-state index contributed by atoms with van der Waals surface area (Å²) in [7, 11) is 0. The molecule has 5 nitrogen and oxygen atoms in total. The molecule has 0 radical (unpaired) electrons. The zero-order valence-corrected chi connectivity index (χ0v) is 9.99. The highest BCUT2D eigenvalue weighted by Crippen LogP contribution is 2.24. The van der Waals surface area contributed by atoms with Crippen molar-refractivity contribution in [2.45, 2.75) is 6.54 Å². The normalized spacial score (nSPS) is 10.3. The molecule has 0 unspecified atom stereocenters. The predicted molar refractivity (Wildman–Crippen MR) is 66.7 cm³/mol. The van der Waals surface area contributed by atoms with Gasteiger partial charge in [0.15, 0.2) is 0 Å². The molecule has 3 N–H and O–H groups in total. The molecule has 0 spiro atoms. The Bertz CT molecular complexity index is 564. The lowest BCUT2D eigenvalue weighted by atomic mass is 10.3. The van der Waals surface area contributed by atoms with Gasteiger partial charge in [-0.05, 0) is 12.1 Å². The third-order valence-corrected chi connectivity index (χ3v) is 2.50. The van der Waals surface area contributed by atoms with Crippen LogP contribution in [0.2, 0.25) is 5.02 Å². The summed E-state index contributed by atoms with van der Waals surface area (Å²) in [6.45, 7) is -0.0676. The second-order valence-electron chi connectivity index (χ2n) is 3.62. The van der Waals surface area contributed by atoms with Crippen LogP contribution in [0.25, 0.3) is 0 Å². The summed E-state index contributed by atoms with van der Waals surface area (Å²) in [6.07, 6.45) is 2.92. The summed E-state index contributed by atoms with van der Waals surface area (Å²) in [5, 5.41) is 6.38. The molecule has 0 aliphatic rings. The first-order valence-corrected chi connectivity index (χ1v) is 5.46. The summed E-state index contributed by atoms with van der Waals surface area (Å²) in [4.78, 5) is 11.7. The Labute approximate surface area is 107 Å². The number of aromatic nitrogens is 2. The second kappa shape index (κ2) is 5.05. The minimum absolute atomic E-state index is 0.0377. The van der Waals surface area contributed by atoms with E-state index in [1.807, 2.05) is 0 Å². The third kappa shape index (κ3) is 2.78. The molecule has 0 saturated carbocycles. The maximum absolute atomic E-state index is 13.4. The van der Waals surface area contributed by atoms with Crippen molar-refractivity contribution in [2.75, 3.05) is 11.1 Å². The lowest BCUT2D eigenvalue weighted by molar-refractivity contribution is -0.116. The second-order valence-corrected chi connectivity index (χ2v) is 4.02. The number of nitrogens with one attached hydrogen (secondary N) is 1. The van der Waals surface area contributed by atoms with Gasteiger partial charge in [-0.1, -0.05) is 17.7 Å². The fourth-order valence-electron chi connectivity index (χ4n) is 1.41. The van der Waals surface area contributed by atoms with Crippen LogP contribution in [0, 0.1) is 5.82 Å². The van der Waals surface area contributed by atoms with E-state index in [1.54, 1.807) is 0 Å². The Morgan fingerprint density at radius 2 is 2.33 bits per heavy atom. The first kappa shape index (κ1) is 12.4. The van der Waals surface area contributed by atoms with Gasteiger partial charge in [-0.3, -0.25) is 9.48 Å². The number of rotatable bonds is 3. The predicted octanol–water partition coefficient (Wildman–Crippen LogP) is 1.90. The van der Waals surface area contributed by atoms with Gasteiger partial charge in [-0.15, -0.1) is 0 Å². The molecule has 2 aromatic rings. The quantitative estimate of drug-likeness (QED) is 0.893. The molecular formula is C11H10ClFN4O. The van der Waals surface area contributed by atoms with E-state index in [2.05, 4.69) is 10.4 Å². The molecular weight excluding hydrogens is 259 g/mol. The van der Waals surface area contributed by atoms with E-state index in [9.17, 15) is 9.18 Å². The summed E-state index contributed by atoms with van der Waals surface area (Å²) in [5.74, 6) is -1.03. The molecule has 0 fully saturated rings. The summed E-state index contributed by atoms with van der Waals surface area (Å²) in [6, 6.07) is 4.17. The molecule has 1 aromatic carbocycles. The van der Waals surface area contributed by atoms with Gasteiger partial charge in [-0.2, -0.15) is 5.10 Å². The van der Waals surface area contributed by atoms with E-state index in [1.165, 1.54) is 35.3 Å². The van der Waals surface area contributed by atoms with Gasteiger partial charge in [0.05, 0.1) is 22.6 Å². The Morgan fingerprint density at radius 3 is 2.94 bits per heavy atom. The molecule has 1 amide bonds. The van der Waals surface area contributed by atoms with Crippen LogP contribution in [0.3, 0.4) is 0 Å². The van der Waals surface area contributed by atoms with E-state index >= 15 is 0 Å². The van der Waals surface area contributed by atoms with Crippen molar-refractivity contribution >= 4 is 28.9 Å². The van der Waals surface area contributed by atoms with E-state index in [0.717, 1.165) is 0 Å². The van der Waals surface area contributed by atoms with E-state index < -0.39 is 11.7 Å². The molecule has 0 aliphatic carbocycles. The topological polar surface area (TPSA) is 72.9 Å². The fourth-order valence-corrected chi connectivity index (χ4v) is 1.62. The van der Waals surface area contributed by atoms with Crippen molar-refractivity contribution in [3.8, 4) is 0 Å². The van der Waals surface area contributed by atoms with Gasteiger partial charge in [0.1, 0.15) is 12.4 Å². The van der Waals surface area contributed by atoms with Crippen molar-refractivity contribution in [1.82, 2.24) is 9.78 Å². The number of nitrogen functional groups attached to an aromatic ring is 1. The number of anilines is 2. The number of para-hydroxylation sites is 1. The molecule has 2 rings (SSSR count). The van der Waals surface area contributed by atoms with Gasteiger partial charge in [-0.25, -0.2) is 4.39 Å². The SMILES string of the molecule is Nc1cnn(CC(=O)Nc2c(F)cccc2Cl)c1. The number of benzene rings is 1. The number of hydrogen-bond acceptors (Lipinski definition) is 3. The third-order valence-electron chi connectivity index (χ3n) is 2.19. The van der Waals surface area contributed by atoms with Crippen molar-refractivity contribution in [1.29, 1.82) is 0 Å². The lowest BCUT2D eigenvalue weighted by Gasteiger charge is -2.08. The highest BCUT2D eigenvalue weighted by molar-refractivity contribution is 6.33. The van der Waals surface area contributed by atoms with Crippen LogP contribution >= 0.6 is 11.6 Å². The van der Waals surface area contributed by atoms with Crippen LogP contribution in [-0.2, 0) is 11.3 Å². The van der Waals surface area contributed by atoms with Crippen LogP contribution in [0.5, 0.6) is 0 Å². The van der Waals surface area contributed by atoms with Crippen LogP contribution in [0.15, 0.2) is 30.6 Å². The van der Waals surface area contributed by atoms with Gasteiger partial charge < -0.3 is 11.1 Å². The Kier molecular flexibility index (Phi) is 3.47. The number of amides is 1.